The zero-order chi connectivity index (χ0) is 16.9. The number of fused-ring (bicyclic) bond motifs is 1. The van der Waals surface area contributed by atoms with Crippen molar-refractivity contribution in [1.29, 1.82) is 0 Å². The van der Waals surface area contributed by atoms with Crippen LogP contribution in [0.4, 0.5) is 5.82 Å². The van der Waals surface area contributed by atoms with E-state index in [1.807, 2.05) is 25.2 Å². The van der Waals surface area contributed by atoms with E-state index in [0.29, 0.717) is 5.56 Å². The maximum atomic E-state index is 12.7. The van der Waals surface area contributed by atoms with Crippen molar-refractivity contribution in [3.63, 3.8) is 0 Å². The van der Waals surface area contributed by atoms with Gasteiger partial charge in [0, 0.05) is 37.6 Å². The largest absolute Gasteiger partial charge is 0.356 e. The molecule has 1 aromatic heterocycles. The highest BCUT2D eigenvalue weighted by molar-refractivity contribution is 6.00. The van der Waals surface area contributed by atoms with Crippen LogP contribution in [0, 0.1) is 0 Å². The van der Waals surface area contributed by atoms with E-state index < -0.39 is 0 Å². The molecule has 2 heterocycles. The molecule has 0 spiro atoms. The lowest BCUT2D eigenvalue weighted by molar-refractivity contribution is 0.0793. The second kappa shape index (κ2) is 7.60. The summed E-state index contributed by atoms with van der Waals surface area (Å²) in [6, 6.07) is 5.77. The molecule has 0 saturated carbocycles. The maximum Gasteiger partial charge on any atom is 0.253 e. The third-order valence-electron chi connectivity index (χ3n) is 4.71. The summed E-state index contributed by atoms with van der Waals surface area (Å²) in [5, 5.41) is 0.981. The molecule has 0 N–H and O–H groups in total. The molecule has 2 aromatic rings. The Hall–Kier alpha value is -2.17. The summed E-state index contributed by atoms with van der Waals surface area (Å²) in [6.45, 7) is 4.98. The molecular formula is C19H26N4O. The molecule has 5 nitrogen and oxygen atoms in total. The van der Waals surface area contributed by atoms with Crippen molar-refractivity contribution in [2.75, 3.05) is 31.6 Å². The van der Waals surface area contributed by atoms with Gasteiger partial charge in [0.05, 0.1) is 5.52 Å². The standard InChI is InChI=1S/C19H26N4O/c1-3-4-10-22(2)19(24)15-8-9-17-16(13-15)18(21-14-20-17)23-11-6-5-7-12-23/h8-9,13-14H,3-7,10-12H2,1-2H3. The molecule has 0 bridgehead atoms. The van der Waals surface area contributed by atoms with Gasteiger partial charge >= 0.3 is 0 Å². The lowest BCUT2D eigenvalue weighted by atomic mass is 10.1. The lowest BCUT2D eigenvalue weighted by Crippen LogP contribution is -2.30. The molecule has 1 aliphatic heterocycles. The highest BCUT2D eigenvalue weighted by Crippen LogP contribution is 2.26. The number of hydrogen-bond acceptors (Lipinski definition) is 4. The number of carbonyl (C=O) groups excluding carboxylic acids is 1. The van der Waals surface area contributed by atoms with Crippen LogP contribution in [0.1, 0.15) is 49.4 Å². The van der Waals surface area contributed by atoms with Crippen LogP contribution >= 0.6 is 0 Å². The van der Waals surface area contributed by atoms with Crippen LogP contribution < -0.4 is 4.90 Å². The van der Waals surface area contributed by atoms with Crippen molar-refractivity contribution < 1.29 is 4.79 Å². The minimum atomic E-state index is 0.0683. The Labute approximate surface area is 143 Å². The monoisotopic (exact) mass is 326 g/mol. The molecule has 0 aliphatic carbocycles. The number of rotatable bonds is 5. The van der Waals surface area contributed by atoms with E-state index in [0.717, 1.165) is 49.2 Å². The van der Waals surface area contributed by atoms with E-state index >= 15 is 0 Å². The fourth-order valence-electron chi connectivity index (χ4n) is 3.25. The maximum absolute atomic E-state index is 12.7. The summed E-state index contributed by atoms with van der Waals surface area (Å²) < 4.78 is 0. The third-order valence-corrected chi connectivity index (χ3v) is 4.71. The van der Waals surface area contributed by atoms with Crippen molar-refractivity contribution in [3.8, 4) is 0 Å². The number of nitrogens with zero attached hydrogens (tertiary/aromatic N) is 4. The Bertz CT molecular complexity index is 710. The zero-order valence-corrected chi connectivity index (χ0v) is 14.7. The fraction of sp³-hybridized carbons (Fsp3) is 0.526. The molecule has 128 valence electrons. The Morgan fingerprint density at radius 2 is 2.00 bits per heavy atom. The summed E-state index contributed by atoms with van der Waals surface area (Å²) in [7, 11) is 1.87. The molecule has 3 rings (SSSR count). The average Bonchev–Trinajstić information content (AvgIpc) is 2.65. The van der Waals surface area contributed by atoms with Crippen LogP contribution in [-0.2, 0) is 0 Å². The van der Waals surface area contributed by atoms with E-state index in [9.17, 15) is 4.79 Å². The molecule has 0 radical (unpaired) electrons. The van der Waals surface area contributed by atoms with Crippen LogP contribution in [0.2, 0.25) is 0 Å². The predicted molar refractivity (Wildman–Crippen MR) is 97.5 cm³/mol. The minimum absolute atomic E-state index is 0.0683. The van der Waals surface area contributed by atoms with Gasteiger partial charge < -0.3 is 9.80 Å². The van der Waals surface area contributed by atoms with Crippen molar-refractivity contribution in [1.82, 2.24) is 14.9 Å². The van der Waals surface area contributed by atoms with Crippen LogP contribution in [0.25, 0.3) is 10.9 Å². The van der Waals surface area contributed by atoms with Gasteiger partial charge in [-0.15, -0.1) is 0 Å². The highest BCUT2D eigenvalue weighted by atomic mass is 16.2. The quantitative estimate of drug-likeness (QED) is 0.844. The van der Waals surface area contributed by atoms with Crippen LogP contribution in [0.5, 0.6) is 0 Å². The van der Waals surface area contributed by atoms with Gasteiger partial charge in [0.25, 0.3) is 5.91 Å². The number of amides is 1. The van der Waals surface area contributed by atoms with Crippen molar-refractivity contribution in [2.24, 2.45) is 0 Å². The first-order valence-electron chi connectivity index (χ1n) is 8.96. The van der Waals surface area contributed by atoms with Crippen molar-refractivity contribution in [3.05, 3.63) is 30.1 Å². The van der Waals surface area contributed by atoms with E-state index in [1.165, 1.54) is 19.3 Å². The summed E-state index contributed by atoms with van der Waals surface area (Å²) in [5.41, 5.74) is 1.62. The minimum Gasteiger partial charge on any atom is -0.356 e. The topological polar surface area (TPSA) is 49.3 Å². The molecule has 5 heteroatoms. The van der Waals surface area contributed by atoms with Crippen LogP contribution in [0.3, 0.4) is 0 Å². The third kappa shape index (κ3) is 3.50. The van der Waals surface area contributed by atoms with Crippen molar-refractivity contribution in [2.45, 2.75) is 39.0 Å². The lowest BCUT2D eigenvalue weighted by Gasteiger charge is -2.28. The van der Waals surface area contributed by atoms with Gasteiger partial charge in [-0.2, -0.15) is 0 Å². The highest BCUT2D eigenvalue weighted by Gasteiger charge is 2.17. The summed E-state index contributed by atoms with van der Waals surface area (Å²) in [6.07, 6.45) is 7.42. The second-order valence-electron chi connectivity index (χ2n) is 6.56. The second-order valence-corrected chi connectivity index (χ2v) is 6.56. The van der Waals surface area contributed by atoms with Gasteiger partial charge in [0.15, 0.2) is 0 Å². The van der Waals surface area contributed by atoms with Gasteiger partial charge in [-0.25, -0.2) is 9.97 Å². The van der Waals surface area contributed by atoms with Gasteiger partial charge in [0.1, 0.15) is 12.1 Å². The van der Waals surface area contributed by atoms with Gasteiger partial charge in [0.2, 0.25) is 0 Å². The molecule has 1 fully saturated rings. The number of anilines is 1. The molecule has 1 saturated heterocycles. The molecule has 0 unspecified atom stereocenters. The summed E-state index contributed by atoms with van der Waals surface area (Å²) in [5.74, 6) is 1.03. The first kappa shape index (κ1) is 16.7. The number of aromatic nitrogens is 2. The molecule has 1 amide bonds. The molecule has 1 aliphatic rings. The number of hydrogen-bond donors (Lipinski definition) is 0. The van der Waals surface area contributed by atoms with E-state index in [1.54, 1.807) is 11.2 Å². The predicted octanol–water partition coefficient (Wildman–Crippen LogP) is 3.49. The van der Waals surface area contributed by atoms with Crippen LogP contribution in [-0.4, -0.2) is 47.5 Å². The first-order valence-corrected chi connectivity index (χ1v) is 8.96. The van der Waals surface area contributed by atoms with Gasteiger partial charge in [-0.05, 0) is 43.9 Å². The Morgan fingerprint density at radius 1 is 1.21 bits per heavy atom. The van der Waals surface area contributed by atoms with E-state index in [2.05, 4.69) is 21.8 Å². The summed E-state index contributed by atoms with van der Waals surface area (Å²) in [4.78, 5) is 25.7. The van der Waals surface area contributed by atoms with Gasteiger partial charge in [-0.3, -0.25) is 4.79 Å². The SMILES string of the molecule is CCCCN(C)C(=O)c1ccc2ncnc(N3CCCCC3)c2c1. The first-order chi connectivity index (χ1) is 11.7. The zero-order valence-electron chi connectivity index (χ0n) is 14.7. The van der Waals surface area contributed by atoms with E-state index in [4.69, 9.17) is 0 Å². The Balaban J connectivity index is 1.92. The average molecular weight is 326 g/mol. The number of carbonyl (C=O) groups is 1. The molecule has 24 heavy (non-hydrogen) atoms. The Kier molecular flexibility index (Phi) is 5.28. The number of piperidine rings is 1. The Morgan fingerprint density at radius 3 is 2.75 bits per heavy atom. The molecular weight excluding hydrogens is 300 g/mol. The normalized spacial score (nSPS) is 14.8. The fourth-order valence-corrected chi connectivity index (χ4v) is 3.25. The van der Waals surface area contributed by atoms with E-state index in [-0.39, 0.29) is 5.91 Å². The smallest absolute Gasteiger partial charge is 0.253 e. The number of benzene rings is 1. The summed E-state index contributed by atoms with van der Waals surface area (Å²) >= 11 is 0. The van der Waals surface area contributed by atoms with Gasteiger partial charge in [-0.1, -0.05) is 13.3 Å². The van der Waals surface area contributed by atoms with Crippen molar-refractivity contribution >= 4 is 22.6 Å². The van der Waals surface area contributed by atoms with Crippen LogP contribution in [0.15, 0.2) is 24.5 Å². The molecule has 0 atom stereocenters. The molecule has 1 aromatic carbocycles. The number of unbranched alkanes of at least 4 members (excludes halogenated alkanes) is 1.